The van der Waals surface area contributed by atoms with Crippen molar-refractivity contribution in [2.24, 2.45) is 0 Å². The Morgan fingerprint density at radius 1 is 0.780 bits per heavy atom. The number of ether oxygens (including phenoxy) is 3. The van der Waals surface area contributed by atoms with Crippen molar-refractivity contribution in [3.05, 3.63) is 68.8 Å². The lowest BCUT2D eigenvalue weighted by Gasteiger charge is -2.10. The number of carbonyl (C=O) groups is 3. The molecule has 0 amide bonds. The summed E-state index contributed by atoms with van der Waals surface area (Å²) >= 11 is 0. The average Bonchev–Trinajstić information content (AvgIpc) is 3.78. The summed E-state index contributed by atoms with van der Waals surface area (Å²) in [5.74, 6) is -0.973. The standard InChI is InChI=1S/C34H40N4O5.C5H10O2/c1-8-21-18(5)26-14-30-23(16-39)19(6)25(37-30)13-24-17(4)11-28(35-24)22(12-31(40)42-9-2)33-32(34(41)43-10-3)20(7)27(38-33)15-29(21)36-26;1-3-5(6)7-4-2/h13-15,17,36-37,39H,8-12,16H2,1-7H3;3-4H2,1-2H3. The highest BCUT2D eigenvalue weighted by molar-refractivity contribution is 6.25. The van der Waals surface area contributed by atoms with Crippen molar-refractivity contribution in [2.75, 3.05) is 19.8 Å². The van der Waals surface area contributed by atoms with Gasteiger partial charge in [0.2, 0.25) is 0 Å². The SMILES string of the molecule is CCOC(=O)CC.CCOC(=O)Cc1c2nc(cc3[nH]c(cc4[nH]c(cc5nc1C(C(=O)OCC)=C5C)c(CC)c4C)c(CO)c3C)C(C)C2. The highest BCUT2D eigenvalue weighted by atomic mass is 16.5. The molecule has 3 aromatic heterocycles. The first-order valence-corrected chi connectivity index (χ1v) is 17.5. The van der Waals surface area contributed by atoms with Crippen molar-refractivity contribution < 1.29 is 33.7 Å². The first kappa shape index (κ1) is 38.0. The fraction of sp³-hybridized carbons (Fsp3) is 0.462. The van der Waals surface area contributed by atoms with Crippen LogP contribution in [0.1, 0.15) is 111 Å². The number of H-pyrrole nitrogens is 2. The minimum Gasteiger partial charge on any atom is -0.466 e. The minimum absolute atomic E-state index is 0.0450. The van der Waals surface area contributed by atoms with E-state index in [4.69, 9.17) is 19.4 Å². The van der Waals surface area contributed by atoms with E-state index in [1.807, 2.05) is 32.0 Å². The fourth-order valence-electron chi connectivity index (χ4n) is 6.37. The molecule has 0 saturated carbocycles. The van der Waals surface area contributed by atoms with Crippen LogP contribution in [-0.2, 0) is 54.5 Å². The monoisotopic (exact) mass is 686 g/mol. The Morgan fingerprint density at radius 3 is 1.96 bits per heavy atom. The van der Waals surface area contributed by atoms with Gasteiger partial charge in [0, 0.05) is 56.9 Å². The van der Waals surface area contributed by atoms with Gasteiger partial charge < -0.3 is 29.3 Å². The number of rotatable bonds is 9. The molecule has 3 N–H and O–H groups in total. The Hall–Kier alpha value is -4.77. The number of aryl methyl sites for hydroxylation is 3. The van der Waals surface area contributed by atoms with Gasteiger partial charge in [0.25, 0.3) is 0 Å². The van der Waals surface area contributed by atoms with Gasteiger partial charge in [0.05, 0.1) is 49.8 Å². The third-order valence-corrected chi connectivity index (χ3v) is 9.11. The molecule has 8 bridgehead atoms. The molecule has 2 aliphatic heterocycles. The number of aliphatic hydroxyl groups is 1. The van der Waals surface area contributed by atoms with Gasteiger partial charge in [0.1, 0.15) is 0 Å². The van der Waals surface area contributed by atoms with Crippen molar-refractivity contribution in [3.63, 3.8) is 0 Å². The van der Waals surface area contributed by atoms with E-state index in [1.54, 1.807) is 27.7 Å². The normalized spacial score (nSPS) is 13.8. The number of nitrogens with zero attached hydrogens (tertiary/aromatic N) is 2. The highest BCUT2D eigenvalue weighted by Crippen LogP contribution is 2.37. The topological polar surface area (TPSA) is 156 Å². The summed E-state index contributed by atoms with van der Waals surface area (Å²) < 4.78 is 15.4. The van der Waals surface area contributed by atoms with Crippen LogP contribution in [0.15, 0.2) is 18.2 Å². The van der Waals surface area contributed by atoms with E-state index in [2.05, 4.69) is 35.5 Å². The van der Waals surface area contributed by atoms with E-state index < -0.39 is 11.9 Å². The number of allylic oxidation sites excluding steroid dienone is 1. The van der Waals surface area contributed by atoms with Crippen molar-refractivity contribution in [2.45, 2.75) is 101 Å². The third-order valence-electron chi connectivity index (χ3n) is 9.11. The average molecular weight is 687 g/mol. The molecule has 0 spiro atoms. The van der Waals surface area contributed by atoms with Gasteiger partial charge in [-0.15, -0.1) is 0 Å². The number of aliphatic hydroxyl groups excluding tert-OH is 1. The fourth-order valence-corrected chi connectivity index (χ4v) is 6.37. The number of esters is 3. The van der Waals surface area contributed by atoms with Gasteiger partial charge in [-0.2, -0.15) is 0 Å². The summed E-state index contributed by atoms with van der Waals surface area (Å²) in [5, 5.41) is 10.3. The van der Waals surface area contributed by atoms with Crippen LogP contribution in [0.4, 0.5) is 0 Å². The Morgan fingerprint density at radius 2 is 1.38 bits per heavy atom. The Labute approximate surface area is 293 Å². The molecule has 2 aliphatic rings. The van der Waals surface area contributed by atoms with Crippen LogP contribution in [0.5, 0.6) is 0 Å². The van der Waals surface area contributed by atoms with Crippen LogP contribution in [0.25, 0.3) is 33.2 Å². The molecule has 0 radical (unpaired) electrons. The lowest BCUT2D eigenvalue weighted by atomic mass is 9.97. The number of nitrogens with one attached hydrogen (secondary N) is 2. The predicted octanol–water partition coefficient (Wildman–Crippen LogP) is 6.89. The summed E-state index contributed by atoms with van der Waals surface area (Å²) in [6.45, 7) is 18.1. The first-order valence-electron chi connectivity index (χ1n) is 17.5. The van der Waals surface area contributed by atoms with Crippen LogP contribution in [0, 0.1) is 13.8 Å². The molecule has 11 nitrogen and oxygen atoms in total. The number of aromatic amines is 2. The van der Waals surface area contributed by atoms with Crippen molar-refractivity contribution in [1.82, 2.24) is 19.9 Å². The van der Waals surface area contributed by atoms with Crippen molar-refractivity contribution >= 4 is 51.1 Å². The second kappa shape index (κ2) is 16.8. The number of carbonyl (C=O) groups excluding carboxylic acids is 3. The molecule has 5 heterocycles. The number of fused-ring (bicyclic) bond motifs is 8. The first-order chi connectivity index (χ1) is 23.9. The van der Waals surface area contributed by atoms with E-state index >= 15 is 0 Å². The second-order valence-corrected chi connectivity index (χ2v) is 12.3. The summed E-state index contributed by atoms with van der Waals surface area (Å²) in [7, 11) is 0. The number of hydrogen-bond donors (Lipinski definition) is 3. The van der Waals surface area contributed by atoms with Crippen LogP contribution in [-0.4, -0.2) is 62.8 Å². The molecular formula is C39H50N4O7. The zero-order valence-corrected chi connectivity index (χ0v) is 30.8. The Balaban J connectivity index is 0.000000727. The van der Waals surface area contributed by atoms with Crippen molar-refractivity contribution in [1.29, 1.82) is 0 Å². The van der Waals surface area contributed by atoms with Gasteiger partial charge in [0.15, 0.2) is 0 Å². The van der Waals surface area contributed by atoms with Crippen LogP contribution >= 0.6 is 0 Å². The molecule has 1 atom stereocenters. The third kappa shape index (κ3) is 7.99. The Kier molecular flexibility index (Phi) is 12.7. The van der Waals surface area contributed by atoms with E-state index in [9.17, 15) is 19.5 Å². The number of aromatic nitrogens is 4. The predicted molar refractivity (Wildman–Crippen MR) is 194 cm³/mol. The molecule has 11 heteroatoms. The zero-order chi connectivity index (χ0) is 36.7. The largest absolute Gasteiger partial charge is 0.466 e. The minimum atomic E-state index is -0.484. The van der Waals surface area contributed by atoms with Crippen molar-refractivity contribution in [3.8, 4) is 0 Å². The molecule has 50 heavy (non-hydrogen) atoms. The molecule has 3 aromatic rings. The van der Waals surface area contributed by atoms with Crippen LogP contribution in [0.3, 0.4) is 0 Å². The molecule has 268 valence electrons. The van der Waals surface area contributed by atoms with E-state index in [0.29, 0.717) is 53.2 Å². The quantitative estimate of drug-likeness (QED) is 0.161. The summed E-state index contributed by atoms with van der Waals surface area (Å²) in [5.41, 5.74) is 11.6. The lowest BCUT2D eigenvalue weighted by Crippen LogP contribution is -2.14. The molecule has 0 saturated heterocycles. The van der Waals surface area contributed by atoms with Crippen LogP contribution < -0.4 is 0 Å². The molecule has 0 aliphatic carbocycles. The van der Waals surface area contributed by atoms with Gasteiger partial charge in [-0.25, -0.2) is 9.78 Å². The summed E-state index contributed by atoms with van der Waals surface area (Å²) in [6.07, 6.45) is 1.75. The maximum absolute atomic E-state index is 13.4. The summed E-state index contributed by atoms with van der Waals surface area (Å²) in [4.78, 5) is 53.6. The van der Waals surface area contributed by atoms with Gasteiger partial charge in [-0.1, -0.05) is 20.8 Å². The summed E-state index contributed by atoms with van der Waals surface area (Å²) in [6, 6.07) is 6.01. The lowest BCUT2D eigenvalue weighted by molar-refractivity contribution is -0.143. The molecule has 0 fully saturated rings. The zero-order valence-electron chi connectivity index (χ0n) is 30.8. The van der Waals surface area contributed by atoms with Gasteiger partial charge in [-0.05, 0) is 94.8 Å². The Bertz CT molecular complexity index is 1970. The maximum Gasteiger partial charge on any atom is 0.340 e. The number of hydrogen-bond acceptors (Lipinski definition) is 9. The van der Waals surface area contributed by atoms with E-state index in [-0.39, 0.29) is 38.1 Å². The highest BCUT2D eigenvalue weighted by Gasteiger charge is 2.31. The molecule has 1 unspecified atom stereocenters. The van der Waals surface area contributed by atoms with E-state index in [0.717, 1.165) is 56.4 Å². The van der Waals surface area contributed by atoms with E-state index in [1.165, 1.54) is 0 Å². The maximum atomic E-state index is 13.4. The van der Waals surface area contributed by atoms with Gasteiger partial charge in [-0.3, -0.25) is 14.6 Å². The molecule has 0 aromatic carbocycles. The second-order valence-electron chi connectivity index (χ2n) is 12.3. The smallest absolute Gasteiger partial charge is 0.340 e. The van der Waals surface area contributed by atoms with Gasteiger partial charge >= 0.3 is 17.9 Å². The van der Waals surface area contributed by atoms with Crippen LogP contribution in [0.2, 0.25) is 0 Å². The molecular weight excluding hydrogens is 636 g/mol. The molecule has 5 rings (SSSR count).